The Labute approximate surface area is 120 Å². The van der Waals surface area contributed by atoms with Gasteiger partial charge in [-0.05, 0) is 23.8 Å². The molecule has 2 aromatic carbocycles. The van der Waals surface area contributed by atoms with Crippen LogP contribution < -0.4 is 5.11 Å². The van der Waals surface area contributed by atoms with E-state index in [0.29, 0.717) is 5.02 Å². The van der Waals surface area contributed by atoms with E-state index >= 15 is 0 Å². The molecule has 0 atom stereocenters. The number of esters is 1. The lowest BCUT2D eigenvalue weighted by Gasteiger charge is -2.10. The molecule has 0 heterocycles. The highest BCUT2D eigenvalue weighted by Gasteiger charge is 2.12. The molecule has 0 radical (unpaired) electrons. The van der Waals surface area contributed by atoms with Gasteiger partial charge in [-0.3, -0.25) is 0 Å². The SMILES string of the molecule is O=C([O-])c1ccccc1C(=O)OCc1ccc(Cl)cc1. The van der Waals surface area contributed by atoms with Crippen molar-refractivity contribution in [1.82, 2.24) is 0 Å². The second kappa shape index (κ2) is 6.21. The number of rotatable bonds is 4. The van der Waals surface area contributed by atoms with Gasteiger partial charge in [0.2, 0.25) is 0 Å². The molecule has 0 amide bonds. The number of aromatic carboxylic acids is 1. The fourth-order valence-electron chi connectivity index (χ4n) is 1.65. The van der Waals surface area contributed by atoms with E-state index in [0.717, 1.165) is 5.56 Å². The summed E-state index contributed by atoms with van der Waals surface area (Å²) in [6.07, 6.45) is 0. The first-order valence-electron chi connectivity index (χ1n) is 5.80. The smallest absolute Gasteiger partial charge is 0.339 e. The molecule has 0 saturated heterocycles. The molecule has 2 aromatic rings. The molecule has 0 aliphatic carbocycles. The van der Waals surface area contributed by atoms with Crippen LogP contribution in [0.5, 0.6) is 0 Å². The highest BCUT2D eigenvalue weighted by Crippen LogP contribution is 2.13. The standard InChI is InChI=1S/C15H11ClO4/c16-11-7-5-10(6-8-11)9-20-15(19)13-4-2-1-3-12(13)14(17)18/h1-8H,9H2,(H,17,18)/p-1. The highest BCUT2D eigenvalue weighted by atomic mass is 35.5. The fraction of sp³-hybridized carbons (Fsp3) is 0.0667. The van der Waals surface area contributed by atoms with Gasteiger partial charge in [-0.1, -0.05) is 41.9 Å². The van der Waals surface area contributed by atoms with Gasteiger partial charge in [0.05, 0.1) is 11.5 Å². The Kier molecular flexibility index (Phi) is 4.38. The van der Waals surface area contributed by atoms with Crippen LogP contribution >= 0.6 is 11.6 Å². The Balaban J connectivity index is 2.09. The summed E-state index contributed by atoms with van der Waals surface area (Å²) in [4.78, 5) is 22.8. The maximum Gasteiger partial charge on any atom is 0.339 e. The predicted octanol–water partition coefficient (Wildman–Crippen LogP) is 2.06. The summed E-state index contributed by atoms with van der Waals surface area (Å²) in [7, 11) is 0. The van der Waals surface area contributed by atoms with Gasteiger partial charge >= 0.3 is 5.97 Å². The van der Waals surface area contributed by atoms with Crippen molar-refractivity contribution < 1.29 is 19.4 Å². The van der Waals surface area contributed by atoms with Crippen molar-refractivity contribution in [1.29, 1.82) is 0 Å². The molecule has 0 saturated carbocycles. The van der Waals surface area contributed by atoms with Crippen molar-refractivity contribution in [2.45, 2.75) is 6.61 Å². The van der Waals surface area contributed by atoms with Crippen LogP contribution in [0, 0.1) is 0 Å². The number of ether oxygens (including phenoxy) is 1. The topological polar surface area (TPSA) is 66.4 Å². The molecule has 0 aromatic heterocycles. The van der Waals surface area contributed by atoms with Gasteiger partial charge in [0.15, 0.2) is 0 Å². The van der Waals surface area contributed by atoms with Gasteiger partial charge < -0.3 is 14.6 Å². The van der Waals surface area contributed by atoms with E-state index in [1.807, 2.05) is 0 Å². The molecule has 0 unspecified atom stereocenters. The van der Waals surface area contributed by atoms with Gasteiger partial charge in [-0.15, -0.1) is 0 Å². The van der Waals surface area contributed by atoms with Crippen molar-refractivity contribution >= 4 is 23.5 Å². The third-order valence-electron chi connectivity index (χ3n) is 2.65. The van der Waals surface area contributed by atoms with Crippen molar-refractivity contribution in [2.75, 3.05) is 0 Å². The van der Waals surface area contributed by atoms with Gasteiger partial charge in [0.1, 0.15) is 6.61 Å². The number of hydrogen-bond donors (Lipinski definition) is 0. The van der Waals surface area contributed by atoms with E-state index in [1.165, 1.54) is 18.2 Å². The first-order chi connectivity index (χ1) is 9.58. The Morgan fingerprint density at radius 1 is 1.00 bits per heavy atom. The summed E-state index contributed by atoms with van der Waals surface area (Å²) >= 11 is 5.75. The van der Waals surface area contributed by atoms with Crippen LogP contribution in [0.4, 0.5) is 0 Å². The average molecular weight is 290 g/mol. The van der Waals surface area contributed by atoms with Crippen LogP contribution in [0.15, 0.2) is 48.5 Å². The molecule has 0 bridgehead atoms. The Morgan fingerprint density at radius 3 is 2.20 bits per heavy atom. The minimum absolute atomic E-state index is 0.0264. The van der Waals surface area contributed by atoms with E-state index < -0.39 is 11.9 Å². The van der Waals surface area contributed by atoms with E-state index in [4.69, 9.17) is 16.3 Å². The molecule has 0 fully saturated rings. The number of hydrogen-bond acceptors (Lipinski definition) is 4. The summed E-state index contributed by atoms with van der Waals surface area (Å²) in [5.41, 5.74) is 0.545. The quantitative estimate of drug-likeness (QED) is 0.808. The van der Waals surface area contributed by atoms with Crippen LogP contribution in [0.25, 0.3) is 0 Å². The molecular formula is C15H10ClO4-. The van der Waals surface area contributed by atoms with E-state index in [1.54, 1.807) is 30.3 Å². The lowest BCUT2D eigenvalue weighted by atomic mass is 10.1. The van der Waals surface area contributed by atoms with Crippen molar-refractivity contribution in [3.8, 4) is 0 Å². The van der Waals surface area contributed by atoms with E-state index in [2.05, 4.69) is 0 Å². The number of carboxylic acid groups (broad SMARTS) is 1. The first-order valence-corrected chi connectivity index (χ1v) is 6.17. The van der Waals surface area contributed by atoms with Crippen LogP contribution in [0.2, 0.25) is 5.02 Å². The second-order valence-electron chi connectivity index (χ2n) is 4.04. The third-order valence-corrected chi connectivity index (χ3v) is 2.90. The highest BCUT2D eigenvalue weighted by molar-refractivity contribution is 6.30. The van der Waals surface area contributed by atoms with Gasteiger partial charge in [-0.2, -0.15) is 0 Å². The van der Waals surface area contributed by atoms with Crippen molar-refractivity contribution in [3.05, 3.63) is 70.2 Å². The molecule has 0 aliphatic heterocycles. The lowest BCUT2D eigenvalue weighted by Crippen LogP contribution is -2.25. The van der Waals surface area contributed by atoms with Gasteiger partial charge in [0, 0.05) is 10.6 Å². The van der Waals surface area contributed by atoms with Crippen molar-refractivity contribution in [2.24, 2.45) is 0 Å². The summed E-state index contributed by atoms with van der Waals surface area (Å²) in [6.45, 7) is 0.0391. The van der Waals surface area contributed by atoms with Gasteiger partial charge in [0.25, 0.3) is 0 Å². The first kappa shape index (κ1) is 14.1. The number of carbonyl (C=O) groups excluding carboxylic acids is 2. The minimum atomic E-state index is -1.41. The molecule has 0 spiro atoms. The minimum Gasteiger partial charge on any atom is -0.545 e. The van der Waals surface area contributed by atoms with Crippen LogP contribution in [0.3, 0.4) is 0 Å². The lowest BCUT2D eigenvalue weighted by molar-refractivity contribution is -0.255. The largest absolute Gasteiger partial charge is 0.545 e. The third kappa shape index (κ3) is 3.36. The van der Waals surface area contributed by atoms with Gasteiger partial charge in [-0.25, -0.2) is 4.79 Å². The maximum absolute atomic E-state index is 11.9. The predicted molar refractivity (Wildman–Crippen MR) is 71.3 cm³/mol. The summed E-state index contributed by atoms with van der Waals surface area (Å²) in [5.74, 6) is -2.12. The zero-order valence-electron chi connectivity index (χ0n) is 10.3. The van der Waals surface area contributed by atoms with E-state index in [9.17, 15) is 14.7 Å². The number of benzene rings is 2. The number of carbonyl (C=O) groups is 2. The molecule has 4 nitrogen and oxygen atoms in total. The summed E-state index contributed by atoms with van der Waals surface area (Å²) in [5, 5.41) is 11.5. The molecule has 0 aliphatic rings. The molecule has 102 valence electrons. The molecule has 5 heteroatoms. The molecular weight excluding hydrogens is 280 g/mol. The van der Waals surface area contributed by atoms with Crippen LogP contribution in [0.1, 0.15) is 26.3 Å². The summed E-state index contributed by atoms with van der Waals surface area (Å²) < 4.78 is 5.07. The number of halogens is 1. The Bertz CT molecular complexity index is 635. The monoisotopic (exact) mass is 289 g/mol. The normalized spacial score (nSPS) is 10.1. The Morgan fingerprint density at radius 2 is 1.60 bits per heavy atom. The maximum atomic E-state index is 11.9. The Hall–Kier alpha value is -2.33. The van der Waals surface area contributed by atoms with Crippen LogP contribution in [-0.2, 0) is 11.3 Å². The van der Waals surface area contributed by atoms with Crippen molar-refractivity contribution in [3.63, 3.8) is 0 Å². The summed E-state index contributed by atoms with van der Waals surface area (Å²) in [6, 6.07) is 12.6. The molecule has 0 N–H and O–H groups in total. The average Bonchev–Trinajstić information content (AvgIpc) is 2.46. The zero-order chi connectivity index (χ0) is 14.5. The molecule has 2 rings (SSSR count). The fourth-order valence-corrected chi connectivity index (χ4v) is 1.77. The zero-order valence-corrected chi connectivity index (χ0v) is 11.1. The second-order valence-corrected chi connectivity index (χ2v) is 4.47. The molecule has 20 heavy (non-hydrogen) atoms. The van der Waals surface area contributed by atoms with E-state index in [-0.39, 0.29) is 17.7 Å². The van der Waals surface area contributed by atoms with Crippen LogP contribution in [-0.4, -0.2) is 11.9 Å². The number of carboxylic acids is 1.